The van der Waals surface area contributed by atoms with Crippen LogP contribution in [0.25, 0.3) is 11.3 Å². The molecular weight excluding hydrogens is 262 g/mol. The fourth-order valence-corrected chi connectivity index (χ4v) is 1.85. The lowest BCUT2D eigenvalue weighted by Crippen LogP contribution is -2.18. The molecule has 0 aliphatic rings. The maximum absolute atomic E-state index is 13.8. The van der Waals surface area contributed by atoms with E-state index in [0.29, 0.717) is 18.2 Å². The summed E-state index contributed by atoms with van der Waals surface area (Å²) in [5.74, 6) is -0.202. The lowest BCUT2D eigenvalue weighted by Gasteiger charge is -2.04. The smallest absolute Gasteiger partial charge is 0.170 e. The van der Waals surface area contributed by atoms with Gasteiger partial charge < -0.3 is 9.84 Å². The molecule has 0 saturated carbocycles. The topological polar surface area (TPSA) is 38.1 Å². The molecule has 5 heteroatoms. The molecule has 108 valence electrons. The third-order valence-corrected chi connectivity index (χ3v) is 2.93. The lowest BCUT2D eigenvalue weighted by atomic mass is 10.1. The van der Waals surface area contributed by atoms with Crippen LogP contribution in [0.15, 0.2) is 22.7 Å². The van der Waals surface area contributed by atoms with Crippen LogP contribution < -0.4 is 5.32 Å². The number of halogens is 2. The van der Waals surface area contributed by atoms with Gasteiger partial charge in [0.15, 0.2) is 5.76 Å². The van der Waals surface area contributed by atoms with Crippen LogP contribution in [-0.2, 0) is 6.54 Å². The number of nitrogens with one attached hydrogen (secondary N) is 1. The van der Waals surface area contributed by atoms with Crippen LogP contribution >= 0.6 is 0 Å². The monoisotopic (exact) mass is 280 g/mol. The summed E-state index contributed by atoms with van der Waals surface area (Å²) < 4.78 is 32.4. The van der Waals surface area contributed by atoms with Crippen LogP contribution in [0, 0.1) is 24.5 Å². The van der Waals surface area contributed by atoms with E-state index in [-0.39, 0.29) is 16.9 Å². The highest BCUT2D eigenvalue weighted by atomic mass is 19.1. The van der Waals surface area contributed by atoms with Crippen molar-refractivity contribution in [2.75, 3.05) is 6.54 Å². The molecule has 0 spiro atoms. The quantitative estimate of drug-likeness (QED) is 0.908. The number of nitrogens with zero attached hydrogens (tertiary/aromatic N) is 1. The minimum Gasteiger partial charge on any atom is -0.356 e. The Kier molecular flexibility index (Phi) is 4.49. The fourth-order valence-electron chi connectivity index (χ4n) is 1.85. The van der Waals surface area contributed by atoms with Crippen molar-refractivity contribution in [2.45, 2.75) is 27.3 Å². The van der Waals surface area contributed by atoms with Crippen LogP contribution in [0.3, 0.4) is 0 Å². The number of hydrogen-bond acceptors (Lipinski definition) is 3. The molecule has 0 bridgehead atoms. The zero-order chi connectivity index (χ0) is 14.7. The highest BCUT2D eigenvalue weighted by Gasteiger charge is 2.14. The number of benzene rings is 1. The third-order valence-electron chi connectivity index (χ3n) is 2.93. The van der Waals surface area contributed by atoms with Gasteiger partial charge in [-0.25, -0.2) is 8.78 Å². The molecular formula is C15H18F2N2O. The predicted molar refractivity (Wildman–Crippen MR) is 73.1 cm³/mol. The Morgan fingerprint density at radius 3 is 2.65 bits per heavy atom. The summed E-state index contributed by atoms with van der Waals surface area (Å²) >= 11 is 0. The van der Waals surface area contributed by atoms with Gasteiger partial charge in [0, 0.05) is 12.6 Å². The lowest BCUT2D eigenvalue weighted by molar-refractivity contribution is 0.415. The highest BCUT2D eigenvalue weighted by molar-refractivity contribution is 5.59. The maximum atomic E-state index is 13.8. The van der Waals surface area contributed by atoms with Gasteiger partial charge in [-0.1, -0.05) is 19.0 Å². The van der Waals surface area contributed by atoms with E-state index in [1.807, 2.05) is 0 Å². The molecule has 0 aliphatic carbocycles. The van der Waals surface area contributed by atoms with Gasteiger partial charge in [0.1, 0.15) is 11.6 Å². The van der Waals surface area contributed by atoms with Gasteiger partial charge in [-0.15, -0.1) is 0 Å². The van der Waals surface area contributed by atoms with Crippen molar-refractivity contribution in [1.29, 1.82) is 0 Å². The Hall–Kier alpha value is -1.75. The third kappa shape index (κ3) is 3.42. The standard InChI is InChI=1S/C15H18F2N2O/c1-9(2)7-18-8-11-5-15(20-19-11)12-6-13(16)10(3)4-14(12)17/h4-6,9,18H,7-8H2,1-3H3. The Morgan fingerprint density at radius 2 is 1.95 bits per heavy atom. The van der Waals surface area contributed by atoms with Crippen molar-refractivity contribution in [3.63, 3.8) is 0 Å². The fraction of sp³-hybridized carbons (Fsp3) is 0.400. The summed E-state index contributed by atoms with van der Waals surface area (Å²) in [4.78, 5) is 0. The van der Waals surface area contributed by atoms with Crippen LogP contribution in [0.1, 0.15) is 25.1 Å². The van der Waals surface area contributed by atoms with E-state index in [1.165, 1.54) is 6.92 Å². The first-order valence-electron chi connectivity index (χ1n) is 6.59. The molecule has 1 aromatic carbocycles. The van der Waals surface area contributed by atoms with Crippen molar-refractivity contribution in [3.8, 4) is 11.3 Å². The summed E-state index contributed by atoms with van der Waals surface area (Å²) in [5.41, 5.74) is 1.03. The molecule has 1 heterocycles. The minimum atomic E-state index is -0.512. The average Bonchev–Trinajstić information content (AvgIpc) is 2.82. The van der Waals surface area contributed by atoms with E-state index >= 15 is 0 Å². The first-order valence-corrected chi connectivity index (χ1v) is 6.59. The van der Waals surface area contributed by atoms with Gasteiger partial charge in [-0.2, -0.15) is 0 Å². The Bertz CT molecular complexity index is 594. The molecule has 0 unspecified atom stereocenters. The van der Waals surface area contributed by atoms with Crippen LogP contribution in [-0.4, -0.2) is 11.7 Å². The van der Waals surface area contributed by atoms with Gasteiger partial charge in [-0.05, 0) is 37.1 Å². The summed E-state index contributed by atoms with van der Waals surface area (Å²) in [6.45, 7) is 7.12. The summed E-state index contributed by atoms with van der Waals surface area (Å²) in [7, 11) is 0. The predicted octanol–water partition coefficient (Wildman–Crippen LogP) is 3.67. The number of aryl methyl sites for hydroxylation is 1. The van der Waals surface area contributed by atoms with Gasteiger partial charge in [0.25, 0.3) is 0 Å². The van der Waals surface area contributed by atoms with E-state index in [4.69, 9.17) is 4.52 Å². The zero-order valence-electron chi connectivity index (χ0n) is 11.8. The van der Waals surface area contributed by atoms with Crippen molar-refractivity contribution >= 4 is 0 Å². The molecule has 2 rings (SSSR count). The number of aromatic nitrogens is 1. The molecule has 20 heavy (non-hydrogen) atoms. The molecule has 0 radical (unpaired) electrons. The van der Waals surface area contributed by atoms with Crippen molar-refractivity contribution in [2.24, 2.45) is 5.92 Å². The van der Waals surface area contributed by atoms with Crippen LogP contribution in [0.4, 0.5) is 8.78 Å². The largest absolute Gasteiger partial charge is 0.356 e. The van der Waals surface area contributed by atoms with Gasteiger partial charge in [0.05, 0.1) is 11.3 Å². The number of hydrogen-bond donors (Lipinski definition) is 1. The first-order chi connectivity index (χ1) is 9.47. The van der Waals surface area contributed by atoms with E-state index in [1.54, 1.807) is 6.07 Å². The normalized spacial score (nSPS) is 11.3. The van der Waals surface area contributed by atoms with Crippen LogP contribution in [0.2, 0.25) is 0 Å². The van der Waals surface area contributed by atoms with E-state index in [2.05, 4.69) is 24.3 Å². The van der Waals surface area contributed by atoms with Gasteiger partial charge >= 0.3 is 0 Å². The maximum Gasteiger partial charge on any atom is 0.170 e. The molecule has 3 nitrogen and oxygen atoms in total. The average molecular weight is 280 g/mol. The van der Waals surface area contributed by atoms with E-state index in [9.17, 15) is 8.78 Å². The molecule has 0 amide bonds. The minimum absolute atomic E-state index is 0.0932. The van der Waals surface area contributed by atoms with Gasteiger partial charge in [-0.3, -0.25) is 0 Å². The molecule has 2 aromatic rings. The van der Waals surface area contributed by atoms with E-state index in [0.717, 1.165) is 18.7 Å². The van der Waals surface area contributed by atoms with Crippen molar-refractivity contribution in [1.82, 2.24) is 10.5 Å². The van der Waals surface area contributed by atoms with Crippen molar-refractivity contribution in [3.05, 3.63) is 41.1 Å². The highest BCUT2D eigenvalue weighted by Crippen LogP contribution is 2.26. The summed E-state index contributed by atoms with van der Waals surface area (Å²) in [5, 5.41) is 7.07. The van der Waals surface area contributed by atoms with Crippen LogP contribution in [0.5, 0.6) is 0 Å². The Labute approximate surface area is 117 Å². The molecule has 1 N–H and O–H groups in total. The number of rotatable bonds is 5. The van der Waals surface area contributed by atoms with Gasteiger partial charge in [0.2, 0.25) is 0 Å². The summed E-state index contributed by atoms with van der Waals surface area (Å²) in [6.07, 6.45) is 0. The molecule has 0 saturated heterocycles. The Balaban J connectivity index is 2.14. The van der Waals surface area contributed by atoms with Crippen molar-refractivity contribution < 1.29 is 13.3 Å². The summed E-state index contributed by atoms with van der Waals surface area (Å²) in [6, 6.07) is 3.92. The second-order valence-electron chi connectivity index (χ2n) is 5.29. The first kappa shape index (κ1) is 14.7. The molecule has 0 fully saturated rings. The second-order valence-corrected chi connectivity index (χ2v) is 5.29. The second kappa shape index (κ2) is 6.13. The zero-order valence-corrected chi connectivity index (χ0v) is 11.8. The molecule has 0 atom stereocenters. The molecule has 1 aromatic heterocycles. The Morgan fingerprint density at radius 1 is 1.20 bits per heavy atom. The SMILES string of the molecule is Cc1cc(F)c(-c2cc(CNCC(C)C)no2)cc1F. The van der Waals surface area contributed by atoms with E-state index < -0.39 is 11.6 Å². The molecule has 0 aliphatic heterocycles.